The number of nitrogens with zero attached hydrogens (tertiary/aromatic N) is 2. The molecule has 1 aliphatic heterocycles. The molecule has 1 aromatic carbocycles. The summed E-state index contributed by atoms with van der Waals surface area (Å²) in [6, 6.07) is 14.3. The zero-order chi connectivity index (χ0) is 22.7. The van der Waals surface area contributed by atoms with Gasteiger partial charge in [0.15, 0.2) is 0 Å². The summed E-state index contributed by atoms with van der Waals surface area (Å²) in [5.74, 6) is -0.549. The molecule has 3 heterocycles. The fourth-order valence-corrected chi connectivity index (χ4v) is 3.96. The maximum absolute atomic E-state index is 13.0. The number of halogens is 1. The smallest absolute Gasteiger partial charge is 0.261 e. The number of carbonyl (C=O) groups is 2. The summed E-state index contributed by atoms with van der Waals surface area (Å²) >= 11 is 5.83. The van der Waals surface area contributed by atoms with E-state index in [9.17, 15) is 14.4 Å². The number of hydrogen-bond donors (Lipinski definition) is 2. The SMILES string of the molecule is Cc1cccc(-c2ccc(C(=O)N3CCCC(C(=O)Nc4ccc(Cl)cn4)C3)c(=O)[nH]2)c1. The van der Waals surface area contributed by atoms with Gasteiger partial charge in [-0.2, -0.15) is 0 Å². The number of likely N-dealkylation sites (tertiary alicyclic amines) is 1. The van der Waals surface area contributed by atoms with E-state index in [0.717, 1.165) is 11.1 Å². The Morgan fingerprint density at radius 1 is 1.19 bits per heavy atom. The summed E-state index contributed by atoms with van der Waals surface area (Å²) in [6.45, 7) is 2.73. The number of H-pyrrole nitrogens is 1. The second kappa shape index (κ2) is 9.36. The van der Waals surface area contributed by atoms with E-state index in [2.05, 4.69) is 15.3 Å². The molecule has 1 aliphatic rings. The predicted molar refractivity (Wildman–Crippen MR) is 124 cm³/mol. The number of piperidine rings is 1. The Kier molecular flexibility index (Phi) is 6.37. The van der Waals surface area contributed by atoms with Crippen LogP contribution in [-0.4, -0.2) is 39.8 Å². The highest BCUT2D eigenvalue weighted by atomic mass is 35.5. The highest BCUT2D eigenvalue weighted by Gasteiger charge is 2.30. The highest BCUT2D eigenvalue weighted by Crippen LogP contribution is 2.21. The number of benzene rings is 1. The molecule has 0 spiro atoms. The topological polar surface area (TPSA) is 95.2 Å². The molecule has 0 bridgehead atoms. The molecule has 32 heavy (non-hydrogen) atoms. The number of carbonyl (C=O) groups excluding carboxylic acids is 2. The van der Waals surface area contributed by atoms with Gasteiger partial charge in [0.1, 0.15) is 11.4 Å². The lowest BCUT2D eigenvalue weighted by Gasteiger charge is -2.31. The lowest BCUT2D eigenvalue weighted by molar-refractivity contribution is -0.121. The number of anilines is 1. The van der Waals surface area contributed by atoms with Crippen molar-refractivity contribution in [2.75, 3.05) is 18.4 Å². The number of pyridine rings is 2. The van der Waals surface area contributed by atoms with Gasteiger partial charge >= 0.3 is 0 Å². The zero-order valence-electron chi connectivity index (χ0n) is 17.6. The van der Waals surface area contributed by atoms with Crippen LogP contribution >= 0.6 is 11.6 Å². The molecule has 7 nitrogen and oxygen atoms in total. The Morgan fingerprint density at radius 2 is 2.03 bits per heavy atom. The van der Waals surface area contributed by atoms with Crippen LogP contribution in [0.4, 0.5) is 5.82 Å². The molecule has 8 heteroatoms. The molecule has 3 aromatic rings. The van der Waals surface area contributed by atoms with Crippen LogP contribution in [-0.2, 0) is 4.79 Å². The van der Waals surface area contributed by atoms with Crippen molar-refractivity contribution in [3.05, 3.63) is 81.2 Å². The first-order valence-electron chi connectivity index (χ1n) is 10.4. The highest BCUT2D eigenvalue weighted by molar-refractivity contribution is 6.30. The quantitative estimate of drug-likeness (QED) is 0.630. The summed E-state index contributed by atoms with van der Waals surface area (Å²) < 4.78 is 0. The van der Waals surface area contributed by atoms with E-state index in [1.54, 1.807) is 29.2 Å². The molecule has 1 atom stereocenters. The minimum absolute atomic E-state index is 0.0711. The van der Waals surface area contributed by atoms with Gasteiger partial charge in [0.05, 0.1) is 10.9 Å². The Morgan fingerprint density at radius 3 is 2.75 bits per heavy atom. The van der Waals surface area contributed by atoms with Crippen LogP contribution in [0.2, 0.25) is 5.02 Å². The van der Waals surface area contributed by atoms with Crippen LogP contribution < -0.4 is 10.9 Å². The van der Waals surface area contributed by atoms with Crippen molar-refractivity contribution in [2.24, 2.45) is 5.92 Å². The maximum Gasteiger partial charge on any atom is 0.261 e. The van der Waals surface area contributed by atoms with Gasteiger partial charge in [0.25, 0.3) is 11.5 Å². The van der Waals surface area contributed by atoms with E-state index in [-0.39, 0.29) is 29.8 Å². The number of amides is 2. The average Bonchev–Trinajstić information content (AvgIpc) is 2.80. The maximum atomic E-state index is 13.0. The molecular weight excluding hydrogens is 428 g/mol. The van der Waals surface area contributed by atoms with Crippen molar-refractivity contribution in [3.8, 4) is 11.3 Å². The monoisotopic (exact) mass is 450 g/mol. The van der Waals surface area contributed by atoms with Gasteiger partial charge in [-0.15, -0.1) is 0 Å². The number of aryl methyl sites for hydroxylation is 1. The fraction of sp³-hybridized carbons (Fsp3) is 0.250. The van der Waals surface area contributed by atoms with Gasteiger partial charge < -0.3 is 15.2 Å². The predicted octanol–water partition coefficient (Wildman–Crippen LogP) is 3.89. The summed E-state index contributed by atoms with van der Waals surface area (Å²) in [4.78, 5) is 46.8. The van der Waals surface area contributed by atoms with Crippen LogP contribution in [0.25, 0.3) is 11.3 Å². The van der Waals surface area contributed by atoms with Gasteiger partial charge in [-0.3, -0.25) is 14.4 Å². The number of aromatic nitrogens is 2. The molecule has 0 aliphatic carbocycles. The Labute approximate surface area is 190 Å². The second-order valence-corrected chi connectivity index (χ2v) is 8.36. The van der Waals surface area contributed by atoms with Gasteiger partial charge in [-0.05, 0) is 55.7 Å². The summed E-state index contributed by atoms with van der Waals surface area (Å²) in [6.07, 6.45) is 2.80. The zero-order valence-corrected chi connectivity index (χ0v) is 18.4. The Bertz CT molecular complexity index is 1210. The van der Waals surface area contributed by atoms with Crippen LogP contribution in [0, 0.1) is 12.8 Å². The average molecular weight is 451 g/mol. The lowest BCUT2D eigenvalue weighted by Crippen LogP contribution is -2.45. The molecule has 1 saturated heterocycles. The third-order valence-electron chi connectivity index (χ3n) is 5.53. The molecular formula is C24H23ClN4O3. The molecule has 0 saturated carbocycles. The third-order valence-corrected chi connectivity index (χ3v) is 5.75. The van der Waals surface area contributed by atoms with Crippen molar-refractivity contribution in [1.82, 2.24) is 14.9 Å². The molecule has 2 N–H and O–H groups in total. The van der Waals surface area contributed by atoms with E-state index in [1.165, 1.54) is 6.20 Å². The molecule has 4 rings (SSSR count). The molecule has 164 valence electrons. The molecule has 2 aromatic heterocycles. The van der Waals surface area contributed by atoms with Crippen molar-refractivity contribution >= 4 is 29.2 Å². The summed E-state index contributed by atoms with van der Waals surface area (Å²) in [5.41, 5.74) is 2.25. The number of aromatic amines is 1. The largest absolute Gasteiger partial charge is 0.338 e. The van der Waals surface area contributed by atoms with E-state index < -0.39 is 5.56 Å². The van der Waals surface area contributed by atoms with Crippen LogP contribution in [0.15, 0.2) is 59.5 Å². The number of nitrogens with one attached hydrogen (secondary N) is 2. The first kappa shape index (κ1) is 21.8. The van der Waals surface area contributed by atoms with E-state index in [4.69, 9.17) is 11.6 Å². The van der Waals surface area contributed by atoms with Crippen molar-refractivity contribution in [2.45, 2.75) is 19.8 Å². The van der Waals surface area contributed by atoms with Crippen molar-refractivity contribution in [3.63, 3.8) is 0 Å². The third kappa shape index (κ3) is 4.89. The number of hydrogen-bond acceptors (Lipinski definition) is 4. The molecule has 2 amide bonds. The molecule has 1 unspecified atom stereocenters. The fourth-order valence-electron chi connectivity index (χ4n) is 3.85. The van der Waals surface area contributed by atoms with E-state index in [0.29, 0.717) is 35.9 Å². The first-order chi connectivity index (χ1) is 15.4. The lowest BCUT2D eigenvalue weighted by atomic mass is 9.96. The van der Waals surface area contributed by atoms with Crippen LogP contribution in [0.3, 0.4) is 0 Å². The standard InChI is InChI=1S/C24H23ClN4O3/c1-15-4-2-5-16(12-15)20-9-8-19(23(31)27-20)24(32)29-11-3-6-17(14-29)22(30)28-21-10-7-18(25)13-26-21/h2,4-5,7-10,12-13,17H,3,6,11,14H2,1H3,(H,27,31)(H,26,28,30). The minimum Gasteiger partial charge on any atom is -0.338 e. The van der Waals surface area contributed by atoms with E-state index >= 15 is 0 Å². The minimum atomic E-state index is -0.439. The molecule has 1 fully saturated rings. The Balaban J connectivity index is 1.46. The Hall–Kier alpha value is -3.45. The first-order valence-corrected chi connectivity index (χ1v) is 10.8. The van der Waals surface area contributed by atoms with E-state index in [1.807, 2.05) is 31.2 Å². The van der Waals surface area contributed by atoms with Gasteiger partial charge in [-0.25, -0.2) is 4.98 Å². The normalized spacial score (nSPS) is 15.9. The summed E-state index contributed by atoms with van der Waals surface area (Å²) in [7, 11) is 0. The van der Waals surface area contributed by atoms with Gasteiger partial charge in [0.2, 0.25) is 5.91 Å². The molecule has 0 radical (unpaired) electrons. The van der Waals surface area contributed by atoms with Gasteiger partial charge in [-0.1, -0.05) is 35.4 Å². The van der Waals surface area contributed by atoms with Crippen LogP contribution in [0.5, 0.6) is 0 Å². The van der Waals surface area contributed by atoms with Gasteiger partial charge in [0, 0.05) is 25.0 Å². The van der Waals surface area contributed by atoms with Crippen molar-refractivity contribution in [1.29, 1.82) is 0 Å². The number of rotatable bonds is 4. The van der Waals surface area contributed by atoms with Crippen LogP contribution in [0.1, 0.15) is 28.8 Å². The second-order valence-electron chi connectivity index (χ2n) is 7.93. The summed E-state index contributed by atoms with van der Waals surface area (Å²) in [5, 5.41) is 3.25. The van der Waals surface area contributed by atoms with Crippen molar-refractivity contribution < 1.29 is 9.59 Å².